The lowest BCUT2D eigenvalue weighted by atomic mass is 9.97. The highest BCUT2D eigenvalue weighted by Crippen LogP contribution is 2.36. The number of anilines is 2. The van der Waals surface area contributed by atoms with Crippen LogP contribution in [-0.2, 0) is 0 Å². The molecule has 1 unspecified atom stereocenters. The SMILES string of the molecule is CCN1c2cc(C(=O)Nc3cccc(Cl)c3C)ccc2C(=O)N2CCCCC21. The molecule has 1 atom stereocenters. The Hall–Kier alpha value is -2.53. The number of nitrogens with one attached hydrogen (secondary N) is 1. The van der Waals surface area contributed by atoms with E-state index in [0.29, 0.717) is 21.8 Å². The number of amides is 2. The highest BCUT2D eigenvalue weighted by Gasteiger charge is 2.38. The van der Waals surface area contributed by atoms with Crippen molar-refractivity contribution in [3.63, 3.8) is 0 Å². The Morgan fingerprint density at radius 1 is 1.25 bits per heavy atom. The fraction of sp³-hybridized carbons (Fsp3) is 0.364. The molecule has 0 radical (unpaired) electrons. The smallest absolute Gasteiger partial charge is 0.257 e. The molecule has 5 nitrogen and oxygen atoms in total. The average Bonchev–Trinajstić information content (AvgIpc) is 2.71. The summed E-state index contributed by atoms with van der Waals surface area (Å²) in [6.07, 6.45) is 3.23. The summed E-state index contributed by atoms with van der Waals surface area (Å²) in [7, 11) is 0. The Balaban J connectivity index is 1.67. The third-order valence-electron chi connectivity index (χ3n) is 5.75. The van der Waals surface area contributed by atoms with Crippen molar-refractivity contribution in [2.24, 2.45) is 0 Å². The lowest BCUT2D eigenvalue weighted by Crippen LogP contribution is -2.57. The largest absolute Gasteiger partial charge is 0.351 e. The van der Waals surface area contributed by atoms with Crippen LogP contribution >= 0.6 is 11.6 Å². The van der Waals surface area contributed by atoms with E-state index in [1.165, 1.54) is 0 Å². The van der Waals surface area contributed by atoms with Crippen molar-refractivity contribution < 1.29 is 9.59 Å². The lowest BCUT2D eigenvalue weighted by molar-refractivity contribution is 0.0582. The zero-order valence-corrected chi connectivity index (χ0v) is 16.9. The summed E-state index contributed by atoms with van der Waals surface area (Å²) >= 11 is 6.16. The van der Waals surface area contributed by atoms with Gasteiger partial charge in [0.15, 0.2) is 0 Å². The number of carbonyl (C=O) groups is 2. The van der Waals surface area contributed by atoms with Gasteiger partial charge in [0.2, 0.25) is 0 Å². The van der Waals surface area contributed by atoms with E-state index in [0.717, 1.165) is 43.6 Å². The van der Waals surface area contributed by atoms with Crippen LogP contribution in [0.15, 0.2) is 36.4 Å². The summed E-state index contributed by atoms with van der Waals surface area (Å²) < 4.78 is 0. The van der Waals surface area contributed by atoms with Crippen molar-refractivity contribution in [3.8, 4) is 0 Å². The van der Waals surface area contributed by atoms with Crippen molar-refractivity contribution in [1.82, 2.24) is 4.90 Å². The zero-order valence-electron chi connectivity index (χ0n) is 16.2. The highest BCUT2D eigenvalue weighted by molar-refractivity contribution is 6.31. The Kier molecular flexibility index (Phi) is 5.02. The molecule has 0 aromatic heterocycles. The third-order valence-corrected chi connectivity index (χ3v) is 6.16. The predicted octanol–water partition coefficient (Wildman–Crippen LogP) is 4.69. The molecule has 2 amide bonds. The van der Waals surface area contributed by atoms with Crippen LogP contribution in [0.25, 0.3) is 0 Å². The summed E-state index contributed by atoms with van der Waals surface area (Å²) in [5, 5.41) is 3.55. The van der Waals surface area contributed by atoms with E-state index in [9.17, 15) is 9.59 Å². The van der Waals surface area contributed by atoms with Gasteiger partial charge in [-0.15, -0.1) is 0 Å². The molecular formula is C22H24ClN3O2. The molecule has 0 aliphatic carbocycles. The molecule has 2 aliphatic heterocycles. The van der Waals surface area contributed by atoms with Gasteiger partial charge in [-0.2, -0.15) is 0 Å². The minimum absolute atomic E-state index is 0.0713. The Morgan fingerprint density at radius 2 is 2.07 bits per heavy atom. The van der Waals surface area contributed by atoms with Gasteiger partial charge in [0, 0.05) is 29.4 Å². The second-order valence-corrected chi connectivity index (χ2v) is 7.77. The van der Waals surface area contributed by atoms with Crippen LogP contribution in [-0.4, -0.2) is 36.0 Å². The van der Waals surface area contributed by atoms with Gasteiger partial charge in [0.05, 0.1) is 11.3 Å². The lowest BCUT2D eigenvalue weighted by Gasteiger charge is -2.47. The molecule has 28 heavy (non-hydrogen) atoms. The molecule has 0 spiro atoms. The van der Waals surface area contributed by atoms with Crippen molar-refractivity contribution in [3.05, 3.63) is 58.1 Å². The Morgan fingerprint density at radius 3 is 2.86 bits per heavy atom. The summed E-state index contributed by atoms with van der Waals surface area (Å²) in [6, 6.07) is 10.8. The summed E-state index contributed by atoms with van der Waals surface area (Å²) in [5.74, 6) is -0.134. The van der Waals surface area contributed by atoms with Crippen molar-refractivity contribution in [2.45, 2.75) is 39.3 Å². The standard InChI is InChI=1S/C22H24ClN3O2/c1-3-25-19-13-15(21(27)24-18-8-6-7-17(23)14(18)2)10-11-16(19)22(28)26-12-5-4-9-20(25)26/h6-8,10-11,13,20H,3-5,9,12H2,1-2H3,(H,24,27). The van der Waals surface area contributed by atoms with Gasteiger partial charge in [0.25, 0.3) is 11.8 Å². The first-order valence-electron chi connectivity index (χ1n) is 9.79. The first-order valence-corrected chi connectivity index (χ1v) is 10.2. The normalized spacial score (nSPS) is 18.5. The van der Waals surface area contributed by atoms with Gasteiger partial charge < -0.3 is 15.1 Å². The third kappa shape index (κ3) is 3.14. The van der Waals surface area contributed by atoms with Gasteiger partial charge in [-0.1, -0.05) is 17.7 Å². The monoisotopic (exact) mass is 397 g/mol. The Bertz CT molecular complexity index is 943. The van der Waals surface area contributed by atoms with E-state index < -0.39 is 0 Å². The quantitative estimate of drug-likeness (QED) is 0.817. The maximum Gasteiger partial charge on any atom is 0.257 e. The van der Waals surface area contributed by atoms with Crippen molar-refractivity contribution in [1.29, 1.82) is 0 Å². The van der Waals surface area contributed by atoms with Crippen LogP contribution in [0.2, 0.25) is 5.02 Å². The number of benzene rings is 2. The molecular weight excluding hydrogens is 374 g/mol. The molecule has 2 aromatic carbocycles. The maximum absolute atomic E-state index is 13.0. The molecule has 146 valence electrons. The fourth-order valence-corrected chi connectivity index (χ4v) is 4.37. The van der Waals surface area contributed by atoms with E-state index in [2.05, 4.69) is 17.1 Å². The molecule has 1 saturated heterocycles. The molecule has 1 N–H and O–H groups in total. The summed E-state index contributed by atoms with van der Waals surface area (Å²) in [6.45, 7) is 5.56. The van der Waals surface area contributed by atoms with Gasteiger partial charge in [0.1, 0.15) is 6.17 Å². The van der Waals surface area contributed by atoms with Crippen molar-refractivity contribution >= 4 is 34.8 Å². The number of carbonyl (C=O) groups excluding carboxylic acids is 2. The number of hydrogen-bond acceptors (Lipinski definition) is 3. The van der Waals surface area contributed by atoms with Crippen LogP contribution in [0.3, 0.4) is 0 Å². The number of halogens is 1. The minimum Gasteiger partial charge on any atom is -0.351 e. The van der Waals surface area contributed by atoms with Crippen LogP contribution in [0, 0.1) is 6.92 Å². The topological polar surface area (TPSA) is 52.7 Å². The molecule has 2 aliphatic rings. The fourth-order valence-electron chi connectivity index (χ4n) is 4.20. The summed E-state index contributed by atoms with van der Waals surface area (Å²) in [5.41, 5.74) is 3.59. The first-order chi connectivity index (χ1) is 13.5. The van der Waals surface area contributed by atoms with Gasteiger partial charge >= 0.3 is 0 Å². The molecule has 6 heteroatoms. The van der Waals surface area contributed by atoms with Gasteiger partial charge in [-0.3, -0.25) is 9.59 Å². The minimum atomic E-state index is -0.206. The maximum atomic E-state index is 13.0. The molecule has 0 saturated carbocycles. The highest BCUT2D eigenvalue weighted by atomic mass is 35.5. The molecule has 2 aromatic rings. The van der Waals surface area contributed by atoms with E-state index in [1.807, 2.05) is 30.0 Å². The molecule has 4 rings (SSSR count). The number of fused-ring (bicyclic) bond motifs is 2. The van der Waals surface area contributed by atoms with E-state index in [4.69, 9.17) is 11.6 Å². The van der Waals surface area contributed by atoms with Crippen LogP contribution < -0.4 is 10.2 Å². The van der Waals surface area contributed by atoms with Crippen LogP contribution in [0.1, 0.15) is 52.5 Å². The summed E-state index contributed by atoms with van der Waals surface area (Å²) in [4.78, 5) is 30.0. The predicted molar refractivity (Wildman–Crippen MR) is 112 cm³/mol. The number of piperidine rings is 1. The van der Waals surface area contributed by atoms with Crippen LogP contribution in [0.4, 0.5) is 11.4 Å². The number of nitrogens with zero attached hydrogens (tertiary/aromatic N) is 2. The van der Waals surface area contributed by atoms with Crippen molar-refractivity contribution in [2.75, 3.05) is 23.3 Å². The van der Waals surface area contributed by atoms with E-state index in [1.54, 1.807) is 18.2 Å². The molecule has 2 heterocycles. The zero-order chi connectivity index (χ0) is 19.8. The Labute approximate surface area is 170 Å². The second-order valence-electron chi connectivity index (χ2n) is 7.36. The number of hydrogen-bond donors (Lipinski definition) is 1. The van der Waals surface area contributed by atoms with Gasteiger partial charge in [-0.05, 0) is 69.0 Å². The van der Waals surface area contributed by atoms with Crippen LogP contribution in [0.5, 0.6) is 0 Å². The first kappa shape index (κ1) is 18.8. The van der Waals surface area contributed by atoms with Gasteiger partial charge in [-0.25, -0.2) is 0 Å². The number of rotatable bonds is 3. The molecule has 1 fully saturated rings. The second kappa shape index (κ2) is 7.47. The molecule has 0 bridgehead atoms. The van der Waals surface area contributed by atoms with E-state index in [-0.39, 0.29) is 18.0 Å². The average molecular weight is 398 g/mol. The van der Waals surface area contributed by atoms with E-state index >= 15 is 0 Å².